The van der Waals surface area contributed by atoms with Crippen LogP contribution in [-0.4, -0.2) is 34.2 Å². The van der Waals surface area contributed by atoms with Gasteiger partial charge in [0.05, 0.1) is 11.7 Å². The van der Waals surface area contributed by atoms with Crippen molar-refractivity contribution in [1.29, 1.82) is 0 Å². The van der Waals surface area contributed by atoms with Crippen LogP contribution in [0.4, 0.5) is 4.79 Å². The summed E-state index contributed by atoms with van der Waals surface area (Å²) >= 11 is 0. The highest BCUT2D eigenvalue weighted by atomic mass is 16.3. The molecule has 0 aromatic rings. The number of primary amides is 1. The third kappa shape index (κ3) is 2.74. The number of nitrogens with one attached hydrogen (secondary N) is 1. The van der Waals surface area contributed by atoms with Crippen LogP contribution in [0.2, 0.25) is 0 Å². The normalized spacial score (nSPS) is 52.1. The van der Waals surface area contributed by atoms with Gasteiger partial charge in [-0.3, -0.25) is 0 Å². The van der Waals surface area contributed by atoms with Gasteiger partial charge in [0.2, 0.25) is 0 Å². The Morgan fingerprint density at radius 1 is 1.11 bits per heavy atom. The average molecular weight is 378 g/mol. The zero-order chi connectivity index (χ0) is 19.4. The lowest BCUT2D eigenvalue weighted by atomic mass is 9.43. The smallest absolute Gasteiger partial charge is 0.332 e. The van der Waals surface area contributed by atoms with Crippen LogP contribution in [0.15, 0.2) is 5.10 Å². The zero-order valence-electron chi connectivity index (χ0n) is 16.7. The van der Waals surface area contributed by atoms with Gasteiger partial charge in [0, 0.05) is 17.5 Å². The summed E-state index contributed by atoms with van der Waals surface area (Å²) in [6, 6.07) is -0.654. The monoisotopic (exact) mass is 377 g/mol. The molecule has 8 atom stereocenters. The van der Waals surface area contributed by atoms with Crippen LogP contribution in [0.25, 0.3) is 0 Å². The number of carbonyl (C=O) groups is 1. The van der Waals surface area contributed by atoms with Crippen molar-refractivity contribution < 1.29 is 15.0 Å². The predicted octanol–water partition coefficient (Wildman–Crippen LogP) is 2.78. The number of urea groups is 1. The number of hydrogen-bond acceptors (Lipinski definition) is 4. The van der Waals surface area contributed by atoms with Crippen LogP contribution in [0, 0.1) is 34.5 Å². The summed E-state index contributed by atoms with van der Waals surface area (Å²) < 4.78 is 0. The number of rotatable bonds is 2. The molecule has 0 aromatic heterocycles. The summed E-state index contributed by atoms with van der Waals surface area (Å²) in [6.07, 6.45) is 10.6. The van der Waals surface area contributed by atoms with Crippen molar-refractivity contribution in [2.75, 3.05) is 0 Å². The van der Waals surface area contributed by atoms with Crippen molar-refractivity contribution in [1.82, 2.24) is 5.43 Å². The van der Waals surface area contributed by atoms with E-state index in [2.05, 4.69) is 24.4 Å². The van der Waals surface area contributed by atoms with Crippen LogP contribution in [0.5, 0.6) is 0 Å². The SMILES string of the molecule is C[C@]12CC[C@H](O)C[C@H]1CC[C@@H]1[C@@H]2CC[C@]2(C)[C@@H](/C=N/NC(N)=O)CC[C@]12O. The third-order valence-corrected chi connectivity index (χ3v) is 9.33. The number of nitrogens with two attached hydrogens (primary N) is 1. The van der Waals surface area contributed by atoms with Gasteiger partial charge in [0.25, 0.3) is 0 Å². The molecule has 27 heavy (non-hydrogen) atoms. The standard InChI is InChI=1S/C21H35N3O3/c1-19-8-6-15(25)11-13(19)3-4-17-16(19)7-9-20(2)14(5-10-21(17,20)27)12-23-24-18(22)26/h12-17,25,27H,3-11H2,1-2H3,(H3,22,24,26)/b23-12+/t13-,14-,15+,16+,17-,19+,20-,21+/m1/s1. The van der Waals surface area contributed by atoms with E-state index in [4.69, 9.17) is 5.73 Å². The minimum atomic E-state index is -0.663. The molecule has 0 aliphatic heterocycles. The second-order valence-corrected chi connectivity index (χ2v) is 10.2. The molecular weight excluding hydrogens is 342 g/mol. The van der Waals surface area contributed by atoms with Crippen molar-refractivity contribution in [2.24, 2.45) is 45.3 Å². The van der Waals surface area contributed by atoms with Crippen molar-refractivity contribution in [3.05, 3.63) is 0 Å². The number of aliphatic hydroxyl groups is 2. The maximum Gasteiger partial charge on any atom is 0.332 e. The summed E-state index contributed by atoms with van der Waals surface area (Å²) in [6.45, 7) is 4.65. The van der Waals surface area contributed by atoms with Crippen molar-refractivity contribution >= 4 is 12.2 Å². The molecule has 0 unspecified atom stereocenters. The molecule has 4 rings (SSSR count). The summed E-state index contributed by atoms with van der Waals surface area (Å²) in [7, 11) is 0. The van der Waals surface area contributed by atoms with Crippen LogP contribution >= 0.6 is 0 Å². The number of aliphatic hydroxyl groups excluding tert-OH is 1. The Kier molecular flexibility index (Phi) is 4.58. The number of amides is 2. The summed E-state index contributed by atoms with van der Waals surface area (Å²) in [5.74, 6) is 1.62. The molecule has 4 saturated carbocycles. The van der Waals surface area contributed by atoms with E-state index in [1.54, 1.807) is 6.21 Å². The second-order valence-electron chi connectivity index (χ2n) is 10.2. The second kappa shape index (κ2) is 6.45. The molecule has 5 N–H and O–H groups in total. The number of nitrogens with zero attached hydrogens (tertiary/aromatic N) is 1. The summed E-state index contributed by atoms with van der Waals surface area (Å²) in [4.78, 5) is 10.9. The Balaban J connectivity index is 1.59. The first-order valence-corrected chi connectivity index (χ1v) is 10.7. The van der Waals surface area contributed by atoms with E-state index < -0.39 is 11.6 Å². The van der Waals surface area contributed by atoms with E-state index in [1.165, 1.54) is 0 Å². The fraction of sp³-hybridized carbons (Fsp3) is 0.905. The molecule has 6 nitrogen and oxygen atoms in total. The topological polar surface area (TPSA) is 108 Å². The number of hydrogen-bond donors (Lipinski definition) is 4. The van der Waals surface area contributed by atoms with E-state index >= 15 is 0 Å². The zero-order valence-corrected chi connectivity index (χ0v) is 16.7. The maximum absolute atomic E-state index is 12.0. The molecular formula is C21H35N3O3. The highest BCUT2D eigenvalue weighted by Crippen LogP contribution is 2.68. The van der Waals surface area contributed by atoms with Gasteiger partial charge in [0.1, 0.15) is 0 Å². The lowest BCUT2D eigenvalue weighted by Gasteiger charge is -2.63. The Bertz CT molecular complexity index is 640. The van der Waals surface area contributed by atoms with Gasteiger partial charge >= 0.3 is 6.03 Å². The maximum atomic E-state index is 12.0. The number of carbonyl (C=O) groups excluding carboxylic acids is 1. The molecule has 0 heterocycles. The van der Waals surface area contributed by atoms with E-state index in [0.717, 1.165) is 57.8 Å². The van der Waals surface area contributed by atoms with E-state index in [-0.39, 0.29) is 22.9 Å². The Morgan fingerprint density at radius 2 is 1.89 bits per heavy atom. The third-order valence-electron chi connectivity index (χ3n) is 9.33. The van der Waals surface area contributed by atoms with Gasteiger partial charge in [-0.05, 0) is 81.0 Å². The van der Waals surface area contributed by atoms with E-state index in [1.807, 2.05) is 0 Å². The predicted molar refractivity (Wildman–Crippen MR) is 104 cm³/mol. The van der Waals surface area contributed by atoms with Crippen LogP contribution in [-0.2, 0) is 0 Å². The molecule has 4 aliphatic rings. The number of fused-ring (bicyclic) bond motifs is 5. The van der Waals surface area contributed by atoms with Crippen molar-refractivity contribution in [2.45, 2.75) is 83.3 Å². The molecule has 0 radical (unpaired) electrons. The van der Waals surface area contributed by atoms with Crippen LogP contribution < -0.4 is 11.2 Å². The minimum absolute atomic E-state index is 0.138. The Morgan fingerprint density at radius 3 is 2.63 bits per heavy atom. The first-order chi connectivity index (χ1) is 12.7. The van der Waals surface area contributed by atoms with Gasteiger partial charge in [0.15, 0.2) is 0 Å². The van der Waals surface area contributed by atoms with E-state index in [0.29, 0.717) is 17.8 Å². The molecule has 0 saturated heterocycles. The van der Waals surface area contributed by atoms with Gasteiger partial charge in [-0.2, -0.15) is 5.10 Å². The van der Waals surface area contributed by atoms with Gasteiger partial charge in [-0.25, -0.2) is 10.2 Å². The first kappa shape index (κ1) is 19.2. The molecule has 0 bridgehead atoms. The highest BCUT2D eigenvalue weighted by molar-refractivity contribution is 5.73. The largest absolute Gasteiger partial charge is 0.393 e. The molecule has 4 aliphatic carbocycles. The lowest BCUT2D eigenvalue weighted by molar-refractivity contribution is -0.206. The average Bonchev–Trinajstić information content (AvgIpc) is 2.87. The fourth-order valence-corrected chi connectivity index (χ4v) is 7.67. The van der Waals surface area contributed by atoms with Crippen molar-refractivity contribution in [3.63, 3.8) is 0 Å². The van der Waals surface area contributed by atoms with Crippen LogP contribution in [0.1, 0.15) is 71.6 Å². The van der Waals surface area contributed by atoms with Gasteiger partial charge < -0.3 is 15.9 Å². The summed E-state index contributed by atoms with van der Waals surface area (Å²) in [5.41, 5.74) is 6.80. The Hall–Kier alpha value is -1.14. The van der Waals surface area contributed by atoms with Gasteiger partial charge in [-0.15, -0.1) is 0 Å². The molecule has 4 fully saturated rings. The van der Waals surface area contributed by atoms with Crippen LogP contribution in [0.3, 0.4) is 0 Å². The Labute approximate surface area is 162 Å². The molecule has 6 heteroatoms. The molecule has 0 aromatic carbocycles. The number of hydrazone groups is 1. The molecule has 2 amide bonds. The van der Waals surface area contributed by atoms with E-state index in [9.17, 15) is 15.0 Å². The highest BCUT2D eigenvalue weighted by Gasteiger charge is 2.66. The van der Waals surface area contributed by atoms with Gasteiger partial charge in [-0.1, -0.05) is 13.8 Å². The fourth-order valence-electron chi connectivity index (χ4n) is 7.67. The first-order valence-electron chi connectivity index (χ1n) is 10.7. The minimum Gasteiger partial charge on any atom is -0.393 e. The lowest BCUT2D eigenvalue weighted by Crippen LogP contribution is -2.62. The quantitative estimate of drug-likeness (QED) is 0.439. The molecule has 152 valence electrons. The molecule has 0 spiro atoms. The summed E-state index contributed by atoms with van der Waals surface area (Å²) in [5, 5.41) is 26.2. The van der Waals surface area contributed by atoms with Crippen molar-refractivity contribution in [3.8, 4) is 0 Å².